The predicted octanol–water partition coefficient (Wildman–Crippen LogP) is 6.48. The summed E-state index contributed by atoms with van der Waals surface area (Å²) in [5.74, 6) is -2.34. The van der Waals surface area contributed by atoms with Gasteiger partial charge in [-0.05, 0) is 81.9 Å². The van der Waals surface area contributed by atoms with Crippen molar-refractivity contribution >= 4 is 105 Å². The molecule has 0 aliphatic carbocycles. The first-order chi connectivity index (χ1) is 11.7. The lowest BCUT2D eigenvalue weighted by Gasteiger charge is -2.13. The number of fused-ring (bicyclic) bond motifs is 1. The molecule has 0 saturated carbocycles. The number of halogens is 6. The van der Waals surface area contributed by atoms with E-state index < -0.39 is 17.7 Å². The van der Waals surface area contributed by atoms with Gasteiger partial charge in [-0.25, -0.2) is 4.90 Å². The lowest BCUT2D eigenvalue weighted by atomic mass is 10.1. The normalized spacial score (nSPS) is 13.4. The van der Waals surface area contributed by atoms with Crippen LogP contribution in [-0.4, -0.2) is 22.6 Å². The van der Waals surface area contributed by atoms with E-state index in [0.717, 1.165) is 0 Å². The van der Waals surface area contributed by atoms with E-state index in [-0.39, 0.29) is 26.7 Å². The van der Waals surface area contributed by atoms with Gasteiger partial charge in [0.05, 0.1) is 21.7 Å². The highest BCUT2D eigenvalue weighted by Crippen LogP contribution is 2.45. The third-order valence-electron chi connectivity index (χ3n) is 3.46. The number of amides is 3. The fraction of sp³-hybridized carbons (Fsp3) is 0. The topological polar surface area (TPSA) is 54.5 Å². The summed E-state index contributed by atoms with van der Waals surface area (Å²) in [5, 5.41) is 0.351. The maximum atomic E-state index is 12.8. The molecule has 0 aromatic heterocycles. The highest BCUT2D eigenvalue weighted by Gasteiger charge is 2.45. The van der Waals surface area contributed by atoms with Gasteiger partial charge in [-0.3, -0.25) is 14.4 Å². The maximum absolute atomic E-state index is 12.8. The Balaban J connectivity index is 2.18. The van der Waals surface area contributed by atoms with Crippen LogP contribution in [0.15, 0.2) is 36.1 Å². The van der Waals surface area contributed by atoms with Gasteiger partial charge in [-0.1, -0.05) is 23.2 Å². The van der Waals surface area contributed by atoms with Gasteiger partial charge in [0, 0.05) is 22.9 Å². The van der Waals surface area contributed by atoms with Crippen molar-refractivity contribution in [3.8, 4) is 0 Å². The zero-order valence-corrected chi connectivity index (χ0v) is 19.5. The Bertz CT molecular complexity index is 946. The molecule has 0 unspecified atom stereocenters. The minimum Gasteiger partial charge on any atom is -0.268 e. The molecule has 0 N–H and O–H groups in total. The van der Waals surface area contributed by atoms with Crippen LogP contribution in [0.25, 0.3) is 0 Å². The molecule has 4 nitrogen and oxygen atoms in total. The fourth-order valence-corrected chi connectivity index (χ4v) is 5.14. The van der Waals surface area contributed by atoms with Crippen LogP contribution in [0, 0.1) is 0 Å². The quantitative estimate of drug-likeness (QED) is 0.205. The van der Waals surface area contributed by atoms with Crippen molar-refractivity contribution in [3.05, 3.63) is 62.8 Å². The van der Waals surface area contributed by atoms with Crippen LogP contribution in [0.1, 0.15) is 31.1 Å². The van der Waals surface area contributed by atoms with Crippen LogP contribution < -0.4 is 0 Å². The van der Waals surface area contributed by atoms with Gasteiger partial charge in [-0.2, -0.15) is 0 Å². The molecule has 0 fully saturated rings. The zero-order valence-electron chi connectivity index (χ0n) is 11.7. The third-order valence-corrected chi connectivity index (χ3v) is 8.80. The van der Waals surface area contributed by atoms with Crippen LogP contribution >= 0.6 is 86.9 Å². The molecule has 0 spiro atoms. The number of carbonyl (C=O) groups is 3. The van der Waals surface area contributed by atoms with E-state index in [1.165, 1.54) is 18.2 Å². The van der Waals surface area contributed by atoms with Crippen molar-refractivity contribution in [2.24, 2.45) is 0 Å². The number of hydrogen-bond acceptors (Lipinski definition) is 3. The Kier molecular flexibility index (Phi) is 5.50. The fourth-order valence-electron chi connectivity index (χ4n) is 2.32. The van der Waals surface area contributed by atoms with Crippen molar-refractivity contribution < 1.29 is 14.4 Å². The second-order valence-corrected chi connectivity index (χ2v) is 8.90. The summed E-state index contributed by atoms with van der Waals surface area (Å²) in [6.07, 6.45) is 0. The summed E-state index contributed by atoms with van der Waals surface area (Å²) in [6, 6.07) is 4.24. The smallest absolute Gasteiger partial charge is 0.268 e. The molecular formula is C15H3Br4Cl2NO3. The maximum Gasteiger partial charge on any atom is 0.269 e. The zero-order chi connectivity index (χ0) is 18.6. The van der Waals surface area contributed by atoms with Gasteiger partial charge < -0.3 is 0 Å². The van der Waals surface area contributed by atoms with Gasteiger partial charge >= 0.3 is 0 Å². The molecule has 10 heteroatoms. The van der Waals surface area contributed by atoms with Gasteiger partial charge in [0.15, 0.2) is 0 Å². The van der Waals surface area contributed by atoms with Crippen LogP contribution in [0.3, 0.4) is 0 Å². The van der Waals surface area contributed by atoms with E-state index >= 15 is 0 Å². The molecule has 0 bridgehead atoms. The summed E-state index contributed by atoms with van der Waals surface area (Å²) in [7, 11) is 0. The van der Waals surface area contributed by atoms with E-state index in [0.29, 0.717) is 22.8 Å². The Morgan fingerprint density at radius 2 is 1.32 bits per heavy atom. The van der Waals surface area contributed by atoms with Crippen molar-refractivity contribution in [1.29, 1.82) is 0 Å². The SMILES string of the molecule is O=C(c1cc(Cl)ccc1Cl)N1C(=O)c2c(Br)c(Br)c(Br)c(Br)c2C1=O. The first-order valence-electron chi connectivity index (χ1n) is 6.41. The van der Waals surface area contributed by atoms with Crippen LogP contribution in [0.2, 0.25) is 10.0 Å². The summed E-state index contributed by atoms with van der Waals surface area (Å²) >= 11 is 25.1. The number of benzene rings is 2. The molecule has 2 aromatic carbocycles. The molecule has 2 aromatic rings. The molecule has 0 saturated heterocycles. The van der Waals surface area contributed by atoms with Gasteiger partial charge in [-0.15, -0.1) is 0 Å². The monoisotopic (exact) mass is 631 g/mol. The van der Waals surface area contributed by atoms with Gasteiger partial charge in [0.1, 0.15) is 0 Å². The van der Waals surface area contributed by atoms with Crippen LogP contribution in [0.5, 0.6) is 0 Å². The van der Waals surface area contributed by atoms with E-state index in [1.807, 2.05) is 0 Å². The number of hydrogen-bond donors (Lipinski definition) is 0. The van der Waals surface area contributed by atoms with E-state index in [4.69, 9.17) is 23.2 Å². The molecule has 1 aliphatic rings. The number of imide groups is 3. The Morgan fingerprint density at radius 1 is 0.840 bits per heavy atom. The highest BCUT2D eigenvalue weighted by molar-refractivity contribution is 9.15. The highest BCUT2D eigenvalue weighted by atomic mass is 79.9. The largest absolute Gasteiger partial charge is 0.269 e. The second kappa shape index (κ2) is 7.05. The van der Waals surface area contributed by atoms with E-state index in [9.17, 15) is 14.4 Å². The second-order valence-electron chi connectivity index (χ2n) is 4.88. The molecule has 1 heterocycles. The lowest BCUT2D eigenvalue weighted by molar-refractivity contribution is 0.0566. The Morgan fingerprint density at radius 3 is 1.80 bits per heavy atom. The Hall–Kier alpha value is -0.250. The summed E-state index contributed by atoms with van der Waals surface area (Å²) in [5.41, 5.74) is 0.131. The molecule has 25 heavy (non-hydrogen) atoms. The van der Waals surface area contributed by atoms with Crippen molar-refractivity contribution in [2.45, 2.75) is 0 Å². The third kappa shape index (κ3) is 3.04. The first kappa shape index (κ1) is 19.5. The number of carbonyl (C=O) groups excluding carboxylic acids is 3. The van der Waals surface area contributed by atoms with Crippen LogP contribution in [0.4, 0.5) is 0 Å². The van der Waals surface area contributed by atoms with Crippen LogP contribution in [-0.2, 0) is 0 Å². The van der Waals surface area contributed by atoms with Crippen molar-refractivity contribution in [1.82, 2.24) is 4.90 Å². The summed E-state index contributed by atoms with van der Waals surface area (Å²) in [4.78, 5) is 38.9. The summed E-state index contributed by atoms with van der Waals surface area (Å²) in [6.45, 7) is 0. The molecule has 0 radical (unpaired) electrons. The predicted molar refractivity (Wildman–Crippen MR) is 109 cm³/mol. The minimum absolute atomic E-state index is 0.0333. The molecule has 128 valence electrons. The molecule has 3 rings (SSSR count). The molecular weight excluding hydrogens is 633 g/mol. The molecule has 0 atom stereocenters. The average molecular weight is 636 g/mol. The average Bonchev–Trinajstić information content (AvgIpc) is 2.83. The number of nitrogens with zero attached hydrogens (tertiary/aromatic N) is 1. The Labute approximate surface area is 185 Å². The number of rotatable bonds is 1. The first-order valence-corrected chi connectivity index (χ1v) is 10.3. The van der Waals surface area contributed by atoms with E-state index in [1.54, 1.807) is 0 Å². The lowest BCUT2D eigenvalue weighted by Crippen LogP contribution is -2.36. The van der Waals surface area contributed by atoms with Gasteiger partial charge in [0.2, 0.25) is 0 Å². The minimum atomic E-state index is -0.843. The summed E-state index contributed by atoms with van der Waals surface area (Å²) < 4.78 is 1.80. The van der Waals surface area contributed by atoms with Crippen molar-refractivity contribution in [2.75, 3.05) is 0 Å². The van der Waals surface area contributed by atoms with E-state index in [2.05, 4.69) is 63.7 Å². The van der Waals surface area contributed by atoms with Gasteiger partial charge in [0.25, 0.3) is 17.7 Å². The van der Waals surface area contributed by atoms with Crippen molar-refractivity contribution in [3.63, 3.8) is 0 Å². The standard InChI is InChI=1S/C15H3Br4Cl2NO3/c16-9-7-8(10(17)12(19)11(9)18)15(25)22(14(7)24)13(23)5-3-4(20)1-2-6(5)21/h1-3H. The molecule has 3 amide bonds. The molecule has 1 aliphatic heterocycles.